The molecule has 1 atom stereocenters. The van der Waals surface area contributed by atoms with Crippen molar-refractivity contribution < 1.29 is 9.90 Å². The lowest BCUT2D eigenvalue weighted by atomic mass is 10.1. The van der Waals surface area contributed by atoms with Gasteiger partial charge in [0.05, 0.1) is 6.04 Å². The second-order valence-corrected chi connectivity index (χ2v) is 3.02. The molecule has 0 spiro atoms. The molecule has 1 aliphatic carbocycles. The summed E-state index contributed by atoms with van der Waals surface area (Å²) in [6.07, 6.45) is 0.544. The molecular formula is C9H9NO2. The highest BCUT2D eigenvalue weighted by atomic mass is 16.3. The van der Waals surface area contributed by atoms with E-state index >= 15 is 0 Å². The van der Waals surface area contributed by atoms with Crippen molar-refractivity contribution in [1.29, 1.82) is 0 Å². The van der Waals surface area contributed by atoms with Crippen LogP contribution >= 0.6 is 0 Å². The first kappa shape index (κ1) is 7.31. The third-order valence-electron chi connectivity index (χ3n) is 2.13. The molecule has 3 heteroatoms. The molecule has 62 valence electrons. The molecule has 0 bridgehead atoms. The molecule has 1 aliphatic rings. The number of carbonyl (C=O) groups excluding carboxylic acids is 1. The third kappa shape index (κ3) is 0.905. The zero-order chi connectivity index (χ0) is 8.72. The van der Waals surface area contributed by atoms with Crippen molar-refractivity contribution in [3.8, 4) is 5.75 Å². The lowest BCUT2D eigenvalue weighted by molar-refractivity contribution is 0.0974. The Labute approximate surface area is 69.8 Å². The minimum atomic E-state index is -0.415. The van der Waals surface area contributed by atoms with Crippen LogP contribution < -0.4 is 5.73 Å². The Morgan fingerprint density at radius 2 is 2.25 bits per heavy atom. The second-order valence-electron chi connectivity index (χ2n) is 3.02. The molecule has 0 amide bonds. The molecule has 0 unspecified atom stereocenters. The van der Waals surface area contributed by atoms with Crippen molar-refractivity contribution in [2.24, 2.45) is 5.73 Å². The van der Waals surface area contributed by atoms with Crippen LogP contribution in [-0.2, 0) is 6.42 Å². The molecule has 12 heavy (non-hydrogen) atoms. The summed E-state index contributed by atoms with van der Waals surface area (Å²) in [5.74, 6) is 0.167. The van der Waals surface area contributed by atoms with E-state index in [0.29, 0.717) is 12.0 Å². The third-order valence-corrected chi connectivity index (χ3v) is 2.13. The monoisotopic (exact) mass is 163 g/mol. The van der Waals surface area contributed by atoms with Crippen molar-refractivity contribution in [2.45, 2.75) is 12.5 Å². The van der Waals surface area contributed by atoms with Crippen molar-refractivity contribution in [3.05, 3.63) is 29.3 Å². The molecule has 0 aliphatic heterocycles. The quantitative estimate of drug-likeness (QED) is 0.584. The number of nitrogens with two attached hydrogens (primary N) is 1. The Kier molecular flexibility index (Phi) is 1.41. The average molecular weight is 163 g/mol. The number of benzene rings is 1. The summed E-state index contributed by atoms with van der Waals surface area (Å²) in [6, 6.07) is 4.32. The van der Waals surface area contributed by atoms with Gasteiger partial charge in [0, 0.05) is 5.56 Å². The van der Waals surface area contributed by atoms with Crippen LogP contribution in [0.15, 0.2) is 18.2 Å². The number of ketones is 1. The molecule has 1 aromatic rings. The van der Waals surface area contributed by atoms with Gasteiger partial charge < -0.3 is 10.8 Å². The van der Waals surface area contributed by atoms with Crippen molar-refractivity contribution in [3.63, 3.8) is 0 Å². The highest BCUT2D eigenvalue weighted by molar-refractivity contribution is 6.04. The van der Waals surface area contributed by atoms with Crippen LogP contribution in [0.1, 0.15) is 15.9 Å². The number of fused-ring (bicyclic) bond motifs is 1. The Balaban J connectivity index is 2.54. The van der Waals surface area contributed by atoms with Gasteiger partial charge in [0.2, 0.25) is 0 Å². The number of carbonyl (C=O) groups is 1. The summed E-state index contributed by atoms with van der Waals surface area (Å²) in [5, 5.41) is 9.12. The zero-order valence-electron chi connectivity index (χ0n) is 6.45. The Morgan fingerprint density at radius 1 is 1.50 bits per heavy atom. The van der Waals surface area contributed by atoms with E-state index in [1.807, 2.05) is 0 Å². The second kappa shape index (κ2) is 2.32. The molecule has 0 heterocycles. The maximum Gasteiger partial charge on any atom is 0.180 e. The fourth-order valence-corrected chi connectivity index (χ4v) is 1.52. The largest absolute Gasteiger partial charge is 0.508 e. The van der Waals surface area contributed by atoms with E-state index in [0.717, 1.165) is 5.56 Å². The molecule has 0 fully saturated rings. The molecule has 3 nitrogen and oxygen atoms in total. The highest BCUT2D eigenvalue weighted by Crippen LogP contribution is 2.24. The lowest BCUT2D eigenvalue weighted by Crippen LogP contribution is -2.26. The van der Waals surface area contributed by atoms with E-state index < -0.39 is 6.04 Å². The van der Waals surface area contributed by atoms with E-state index in [1.165, 1.54) is 6.07 Å². The van der Waals surface area contributed by atoms with Crippen LogP contribution in [0.5, 0.6) is 5.75 Å². The molecule has 1 aromatic carbocycles. The first-order valence-electron chi connectivity index (χ1n) is 3.80. The molecule has 0 saturated carbocycles. The first-order valence-corrected chi connectivity index (χ1v) is 3.80. The van der Waals surface area contributed by atoms with Gasteiger partial charge in [-0.25, -0.2) is 0 Å². The molecule has 0 aromatic heterocycles. The van der Waals surface area contributed by atoms with Gasteiger partial charge in [-0.1, -0.05) is 0 Å². The summed E-state index contributed by atoms with van der Waals surface area (Å²) >= 11 is 0. The number of phenolic OH excluding ortho intramolecular Hbond substituents is 1. The van der Waals surface area contributed by atoms with Crippen LogP contribution in [0, 0.1) is 0 Å². The number of hydrogen-bond donors (Lipinski definition) is 2. The maximum absolute atomic E-state index is 11.3. The van der Waals surface area contributed by atoms with E-state index in [9.17, 15) is 4.79 Å². The summed E-state index contributed by atoms with van der Waals surface area (Å²) in [6.45, 7) is 0. The summed E-state index contributed by atoms with van der Waals surface area (Å²) < 4.78 is 0. The predicted molar refractivity (Wildman–Crippen MR) is 44.1 cm³/mol. The Hall–Kier alpha value is -1.35. The molecule has 3 N–H and O–H groups in total. The first-order chi connectivity index (χ1) is 5.68. The van der Waals surface area contributed by atoms with E-state index in [1.54, 1.807) is 12.1 Å². The summed E-state index contributed by atoms with van der Waals surface area (Å²) in [7, 11) is 0. The van der Waals surface area contributed by atoms with Gasteiger partial charge in [-0.2, -0.15) is 0 Å². The fraction of sp³-hybridized carbons (Fsp3) is 0.222. The van der Waals surface area contributed by atoms with Crippen LogP contribution in [0.2, 0.25) is 0 Å². The van der Waals surface area contributed by atoms with Crippen molar-refractivity contribution in [2.75, 3.05) is 0 Å². The fourth-order valence-electron chi connectivity index (χ4n) is 1.52. The van der Waals surface area contributed by atoms with Gasteiger partial charge in [0.1, 0.15) is 5.75 Å². The Bertz CT molecular complexity index is 346. The van der Waals surface area contributed by atoms with Crippen LogP contribution in [0.4, 0.5) is 0 Å². The number of aromatic hydroxyl groups is 1. The van der Waals surface area contributed by atoms with Crippen LogP contribution in [0.25, 0.3) is 0 Å². The molecule has 2 rings (SSSR count). The van der Waals surface area contributed by atoms with E-state index in [-0.39, 0.29) is 11.5 Å². The van der Waals surface area contributed by atoms with Gasteiger partial charge in [0.25, 0.3) is 0 Å². The minimum Gasteiger partial charge on any atom is -0.508 e. The number of rotatable bonds is 0. The number of hydrogen-bond acceptors (Lipinski definition) is 3. The lowest BCUT2D eigenvalue weighted by Gasteiger charge is -1.96. The van der Waals surface area contributed by atoms with Gasteiger partial charge in [-0.15, -0.1) is 0 Å². The van der Waals surface area contributed by atoms with Gasteiger partial charge in [-0.05, 0) is 30.2 Å². The van der Waals surface area contributed by atoms with Crippen LogP contribution in [0.3, 0.4) is 0 Å². The highest BCUT2D eigenvalue weighted by Gasteiger charge is 2.27. The summed E-state index contributed by atoms with van der Waals surface area (Å²) in [4.78, 5) is 11.3. The zero-order valence-corrected chi connectivity index (χ0v) is 6.45. The van der Waals surface area contributed by atoms with E-state index in [4.69, 9.17) is 10.8 Å². The average Bonchev–Trinajstić information content (AvgIpc) is 2.28. The SMILES string of the molecule is N[C@@H]1Cc2cc(O)ccc2C1=O. The van der Waals surface area contributed by atoms with Crippen molar-refractivity contribution >= 4 is 5.78 Å². The maximum atomic E-state index is 11.3. The topological polar surface area (TPSA) is 63.3 Å². The molecule has 0 saturated heterocycles. The van der Waals surface area contributed by atoms with Gasteiger partial charge in [0.15, 0.2) is 5.78 Å². The number of phenols is 1. The Morgan fingerprint density at radius 3 is 3.00 bits per heavy atom. The van der Waals surface area contributed by atoms with E-state index in [2.05, 4.69) is 0 Å². The normalized spacial score (nSPS) is 21.1. The van der Waals surface area contributed by atoms with Gasteiger partial charge in [-0.3, -0.25) is 4.79 Å². The molecular weight excluding hydrogens is 154 g/mol. The van der Waals surface area contributed by atoms with Gasteiger partial charge >= 0.3 is 0 Å². The minimum absolute atomic E-state index is 0.0231. The van der Waals surface area contributed by atoms with Crippen LogP contribution in [-0.4, -0.2) is 16.9 Å². The summed E-state index contributed by atoms with van der Waals surface area (Å²) in [5.41, 5.74) is 7.05. The smallest absolute Gasteiger partial charge is 0.180 e. The standard InChI is InChI=1S/C9H9NO2/c10-8-4-5-3-6(11)1-2-7(5)9(8)12/h1-3,8,11H,4,10H2/t8-/m1/s1. The van der Waals surface area contributed by atoms with Crippen molar-refractivity contribution in [1.82, 2.24) is 0 Å². The number of Topliss-reactive ketones (excluding diaryl/α,β-unsaturated/α-hetero) is 1. The predicted octanol–water partition coefficient (Wildman–Crippen LogP) is 0.458. The molecule has 0 radical (unpaired) electrons.